The number of aliphatic carboxylic acids is 1. The molecule has 0 fully saturated rings. The van der Waals surface area contributed by atoms with Crippen LogP contribution in [0, 0.1) is 5.92 Å². The molecule has 5 heteroatoms. The number of carbonyl (C=O) groups is 2. The third-order valence-corrected chi connectivity index (χ3v) is 4.27. The highest BCUT2D eigenvalue weighted by Gasteiger charge is 2.15. The van der Waals surface area contributed by atoms with Crippen LogP contribution in [0.25, 0.3) is 0 Å². The lowest BCUT2D eigenvalue weighted by molar-refractivity contribution is -0.137. The zero-order chi connectivity index (χ0) is 21.8. The SMILES string of the molecule is CC.CCCCCC(O)/C=C/CC(O)CC(=O)[C@@H](C)C/C=C\CCCC(=O)O. The Balaban J connectivity index is 0. The second-order valence-corrected chi connectivity index (χ2v) is 6.95. The lowest BCUT2D eigenvalue weighted by Gasteiger charge is -2.12. The number of aliphatic hydroxyl groups excluding tert-OH is 2. The van der Waals surface area contributed by atoms with Crippen LogP contribution in [-0.4, -0.2) is 39.3 Å². The van der Waals surface area contributed by atoms with E-state index in [9.17, 15) is 19.8 Å². The van der Waals surface area contributed by atoms with Crippen molar-refractivity contribution in [1.29, 1.82) is 0 Å². The minimum atomic E-state index is -0.793. The first kappa shape index (κ1) is 28.7. The number of Topliss-reactive ketones (excluding diaryl/α,β-unsaturated/α-hetero) is 1. The molecule has 0 aromatic rings. The second-order valence-electron chi connectivity index (χ2n) is 6.95. The fourth-order valence-corrected chi connectivity index (χ4v) is 2.53. The number of carbonyl (C=O) groups excluding carboxylic acids is 1. The van der Waals surface area contributed by atoms with E-state index in [4.69, 9.17) is 5.11 Å². The van der Waals surface area contributed by atoms with Crippen molar-refractivity contribution in [2.75, 3.05) is 0 Å². The first-order valence-electron chi connectivity index (χ1n) is 10.8. The van der Waals surface area contributed by atoms with E-state index < -0.39 is 18.2 Å². The molecule has 0 aliphatic rings. The Labute approximate surface area is 171 Å². The number of carboxylic acid groups (broad SMARTS) is 1. The normalized spacial score (nSPS) is 14.5. The van der Waals surface area contributed by atoms with E-state index in [2.05, 4.69) is 6.92 Å². The van der Waals surface area contributed by atoms with Gasteiger partial charge in [-0.2, -0.15) is 0 Å². The molecule has 0 heterocycles. The summed E-state index contributed by atoms with van der Waals surface area (Å²) >= 11 is 0. The summed E-state index contributed by atoms with van der Waals surface area (Å²) < 4.78 is 0. The third-order valence-electron chi connectivity index (χ3n) is 4.27. The second kappa shape index (κ2) is 20.3. The van der Waals surface area contributed by atoms with Gasteiger partial charge in [-0.15, -0.1) is 0 Å². The molecule has 3 atom stereocenters. The van der Waals surface area contributed by atoms with Gasteiger partial charge in [-0.25, -0.2) is 0 Å². The largest absolute Gasteiger partial charge is 0.481 e. The van der Waals surface area contributed by atoms with Gasteiger partial charge in [0.2, 0.25) is 0 Å². The topological polar surface area (TPSA) is 94.8 Å². The number of allylic oxidation sites excluding steroid dienone is 2. The Kier molecular flexibility index (Phi) is 20.8. The number of hydrogen-bond acceptors (Lipinski definition) is 4. The lowest BCUT2D eigenvalue weighted by atomic mass is 9.96. The van der Waals surface area contributed by atoms with E-state index in [-0.39, 0.29) is 24.5 Å². The van der Waals surface area contributed by atoms with Gasteiger partial charge < -0.3 is 15.3 Å². The van der Waals surface area contributed by atoms with Gasteiger partial charge in [-0.05, 0) is 32.1 Å². The van der Waals surface area contributed by atoms with Gasteiger partial charge in [-0.1, -0.05) is 71.3 Å². The monoisotopic (exact) mass is 398 g/mol. The molecule has 0 aromatic heterocycles. The van der Waals surface area contributed by atoms with Gasteiger partial charge in [0.15, 0.2) is 0 Å². The molecular formula is C23H42O5. The summed E-state index contributed by atoms with van der Waals surface area (Å²) in [6.45, 7) is 7.95. The van der Waals surface area contributed by atoms with Gasteiger partial charge in [-0.3, -0.25) is 9.59 Å². The quantitative estimate of drug-likeness (QED) is 0.250. The van der Waals surface area contributed by atoms with E-state index >= 15 is 0 Å². The standard InChI is InChI=1S/C21H36O5.C2H6/c1-3-4-7-12-18(22)13-10-14-19(23)16-20(24)17(2)11-8-5-6-9-15-21(25)26;1-2/h5,8,10,13,17-19,22-23H,3-4,6-7,9,11-12,14-16H2,1-2H3,(H,25,26);1-2H3/b8-5-,13-10+;/t17-,18?,19?;/m0./s1. The van der Waals surface area contributed by atoms with Crippen LogP contribution >= 0.6 is 0 Å². The van der Waals surface area contributed by atoms with Crippen molar-refractivity contribution < 1.29 is 24.9 Å². The number of hydrogen-bond donors (Lipinski definition) is 3. The Bertz CT molecular complexity index is 442. The van der Waals surface area contributed by atoms with Crippen molar-refractivity contribution >= 4 is 11.8 Å². The summed E-state index contributed by atoms with van der Waals surface area (Å²) in [5.41, 5.74) is 0. The smallest absolute Gasteiger partial charge is 0.303 e. The van der Waals surface area contributed by atoms with Crippen LogP contribution in [0.15, 0.2) is 24.3 Å². The van der Waals surface area contributed by atoms with Crippen molar-refractivity contribution in [3.05, 3.63) is 24.3 Å². The highest BCUT2D eigenvalue weighted by molar-refractivity contribution is 5.81. The van der Waals surface area contributed by atoms with E-state index in [1.54, 1.807) is 12.2 Å². The predicted molar refractivity (Wildman–Crippen MR) is 115 cm³/mol. The Morgan fingerprint density at radius 3 is 2.25 bits per heavy atom. The molecule has 0 aliphatic carbocycles. The van der Waals surface area contributed by atoms with Crippen molar-refractivity contribution in [3.63, 3.8) is 0 Å². The maximum absolute atomic E-state index is 12.1. The molecule has 0 amide bonds. The van der Waals surface area contributed by atoms with Crippen LogP contribution in [0.2, 0.25) is 0 Å². The minimum absolute atomic E-state index is 0.0181. The van der Waals surface area contributed by atoms with Gasteiger partial charge in [0.25, 0.3) is 0 Å². The van der Waals surface area contributed by atoms with Gasteiger partial charge >= 0.3 is 5.97 Å². The first-order chi connectivity index (χ1) is 13.4. The molecule has 2 unspecified atom stereocenters. The van der Waals surface area contributed by atoms with Crippen LogP contribution in [0.4, 0.5) is 0 Å². The van der Waals surface area contributed by atoms with Crippen molar-refractivity contribution in [2.45, 2.75) is 104 Å². The molecule has 0 spiro atoms. The van der Waals surface area contributed by atoms with E-state index in [1.807, 2.05) is 32.9 Å². The molecule has 3 N–H and O–H groups in total. The number of ketones is 1. The fraction of sp³-hybridized carbons (Fsp3) is 0.739. The third kappa shape index (κ3) is 19.3. The molecule has 0 saturated carbocycles. The summed E-state index contributed by atoms with van der Waals surface area (Å²) in [6, 6.07) is 0. The molecule has 0 bridgehead atoms. The van der Waals surface area contributed by atoms with Crippen molar-refractivity contribution in [2.24, 2.45) is 5.92 Å². The van der Waals surface area contributed by atoms with Crippen LogP contribution < -0.4 is 0 Å². The number of aliphatic hydroxyl groups is 2. The fourth-order valence-electron chi connectivity index (χ4n) is 2.53. The lowest BCUT2D eigenvalue weighted by Crippen LogP contribution is -2.18. The maximum Gasteiger partial charge on any atom is 0.303 e. The molecule has 0 rings (SSSR count). The molecule has 5 nitrogen and oxygen atoms in total. The predicted octanol–water partition coefficient (Wildman–Crippen LogP) is 5.06. The van der Waals surface area contributed by atoms with Crippen LogP contribution in [-0.2, 0) is 9.59 Å². The molecule has 0 aromatic carbocycles. The zero-order valence-electron chi connectivity index (χ0n) is 18.3. The maximum atomic E-state index is 12.1. The molecule has 0 radical (unpaired) electrons. The number of carboxylic acids is 1. The molecule has 28 heavy (non-hydrogen) atoms. The molecule has 164 valence electrons. The molecular weight excluding hydrogens is 356 g/mol. The van der Waals surface area contributed by atoms with Gasteiger partial charge in [0.1, 0.15) is 5.78 Å². The molecule has 0 aliphatic heterocycles. The van der Waals surface area contributed by atoms with Gasteiger partial charge in [0.05, 0.1) is 12.2 Å². The average Bonchev–Trinajstić information content (AvgIpc) is 2.65. The van der Waals surface area contributed by atoms with E-state index in [0.29, 0.717) is 25.7 Å². The van der Waals surface area contributed by atoms with E-state index in [1.165, 1.54) is 0 Å². The van der Waals surface area contributed by atoms with Crippen LogP contribution in [0.5, 0.6) is 0 Å². The minimum Gasteiger partial charge on any atom is -0.481 e. The van der Waals surface area contributed by atoms with Crippen LogP contribution in [0.3, 0.4) is 0 Å². The Hall–Kier alpha value is -1.46. The summed E-state index contributed by atoms with van der Waals surface area (Å²) in [6.07, 6.45) is 12.6. The summed E-state index contributed by atoms with van der Waals surface area (Å²) in [7, 11) is 0. The zero-order valence-corrected chi connectivity index (χ0v) is 18.3. The number of unbranched alkanes of at least 4 members (excludes halogenated alkanes) is 3. The summed E-state index contributed by atoms with van der Waals surface area (Å²) in [5, 5.41) is 28.3. The van der Waals surface area contributed by atoms with Crippen LogP contribution in [0.1, 0.15) is 91.9 Å². The summed E-state index contributed by atoms with van der Waals surface area (Å²) in [4.78, 5) is 22.5. The summed E-state index contributed by atoms with van der Waals surface area (Å²) in [5.74, 6) is -0.938. The average molecular weight is 399 g/mol. The highest BCUT2D eigenvalue weighted by Crippen LogP contribution is 2.12. The first-order valence-corrected chi connectivity index (χ1v) is 10.8. The number of rotatable bonds is 16. The molecule has 0 saturated heterocycles. The van der Waals surface area contributed by atoms with Gasteiger partial charge in [0, 0.05) is 18.8 Å². The van der Waals surface area contributed by atoms with Crippen molar-refractivity contribution in [1.82, 2.24) is 0 Å². The highest BCUT2D eigenvalue weighted by atomic mass is 16.4. The Morgan fingerprint density at radius 1 is 0.964 bits per heavy atom. The van der Waals surface area contributed by atoms with E-state index in [0.717, 1.165) is 25.7 Å². The van der Waals surface area contributed by atoms with Crippen molar-refractivity contribution in [3.8, 4) is 0 Å². The Morgan fingerprint density at radius 2 is 1.64 bits per heavy atom.